The Hall–Kier alpha value is -0.710. The minimum Gasteiger partial charge on any atom is -0.379 e. The van der Waals surface area contributed by atoms with Gasteiger partial charge in [-0.3, -0.25) is 4.90 Å². The lowest BCUT2D eigenvalue weighted by atomic mass is 10.1. The van der Waals surface area contributed by atoms with Crippen LogP contribution in [-0.2, 0) is 14.8 Å². The lowest BCUT2D eigenvalue weighted by Crippen LogP contribution is -2.49. The molecule has 1 aromatic heterocycles. The minimum atomic E-state index is -3.63. The predicted molar refractivity (Wildman–Crippen MR) is 105 cm³/mol. The molecule has 2 saturated heterocycles. The van der Waals surface area contributed by atoms with Gasteiger partial charge in [0.15, 0.2) is 5.76 Å². The predicted octanol–water partition coefficient (Wildman–Crippen LogP) is 1.18. The maximum Gasteiger partial charge on any atom is 0.248 e. The minimum absolute atomic E-state index is 0. The number of morpholine rings is 1. The molecular formula is C17H31ClN4O4S. The van der Waals surface area contributed by atoms with E-state index in [-0.39, 0.29) is 23.3 Å². The van der Waals surface area contributed by atoms with Gasteiger partial charge in [0.25, 0.3) is 0 Å². The van der Waals surface area contributed by atoms with Crippen LogP contribution in [-0.4, -0.2) is 81.3 Å². The fraction of sp³-hybridized carbons (Fsp3) is 0.824. The van der Waals surface area contributed by atoms with Crippen LogP contribution in [0.25, 0.3) is 0 Å². The molecule has 10 heteroatoms. The van der Waals surface area contributed by atoms with Crippen LogP contribution < -0.4 is 5.32 Å². The van der Waals surface area contributed by atoms with Gasteiger partial charge in [-0.2, -0.15) is 4.31 Å². The molecule has 3 rings (SSSR count). The van der Waals surface area contributed by atoms with Crippen molar-refractivity contribution in [3.05, 3.63) is 11.5 Å². The van der Waals surface area contributed by atoms with Crippen LogP contribution in [0, 0.1) is 13.8 Å². The highest BCUT2D eigenvalue weighted by Crippen LogP contribution is 2.27. The van der Waals surface area contributed by atoms with Gasteiger partial charge in [-0.15, -0.1) is 12.4 Å². The van der Waals surface area contributed by atoms with E-state index in [1.807, 2.05) is 0 Å². The number of rotatable bonds is 7. The number of hydrogen-bond acceptors (Lipinski definition) is 7. The first-order valence-electron chi connectivity index (χ1n) is 9.45. The number of nitrogens with zero attached hydrogens (tertiary/aromatic N) is 3. The van der Waals surface area contributed by atoms with E-state index in [1.54, 1.807) is 18.2 Å². The number of nitrogens with one attached hydrogen (secondary N) is 1. The summed E-state index contributed by atoms with van der Waals surface area (Å²) in [5, 5.41) is 7.17. The molecule has 0 bridgehead atoms. The largest absolute Gasteiger partial charge is 0.379 e. The summed E-state index contributed by atoms with van der Waals surface area (Å²) in [6.07, 6.45) is 2.67. The van der Waals surface area contributed by atoms with Gasteiger partial charge in [-0.05, 0) is 46.2 Å². The Morgan fingerprint density at radius 2 is 2.04 bits per heavy atom. The zero-order chi connectivity index (χ0) is 18.6. The Labute approximate surface area is 168 Å². The van der Waals surface area contributed by atoms with Crippen LogP contribution in [0.3, 0.4) is 0 Å². The molecule has 0 aromatic carbocycles. The van der Waals surface area contributed by atoms with Gasteiger partial charge in [0.05, 0.1) is 13.2 Å². The number of piperidine rings is 1. The van der Waals surface area contributed by atoms with Crippen LogP contribution in [0.2, 0.25) is 0 Å². The maximum absolute atomic E-state index is 13.4. The Morgan fingerprint density at radius 3 is 2.63 bits per heavy atom. The topological polar surface area (TPSA) is 87.9 Å². The van der Waals surface area contributed by atoms with E-state index in [0.717, 1.165) is 58.7 Å². The highest BCUT2D eigenvalue weighted by molar-refractivity contribution is 7.89. The van der Waals surface area contributed by atoms with E-state index in [4.69, 9.17) is 9.26 Å². The first kappa shape index (κ1) is 22.6. The van der Waals surface area contributed by atoms with Crippen LogP contribution in [0.1, 0.15) is 30.7 Å². The molecule has 8 nitrogen and oxygen atoms in total. The fourth-order valence-corrected chi connectivity index (χ4v) is 5.80. The molecule has 1 aromatic rings. The van der Waals surface area contributed by atoms with Crippen molar-refractivity contribution in [2.45, 2.75) is 44.0 Å². The molecule has 3 heterocycles. The van der Waals surface area contributed by atoms with Crippen molar-refractivity contribution in [2.75, 3.05) is 52.5 Å². The van der Waals surface area contributed by atoms with Crippen molar-refractivity contribution in [1.82, 2.24) is 19.7 Å². The highest BCUT2D eigenvalue weighted by Gasteiger charge is 2.36. The van der Waals surface area contributed by atoms with Crippen molar-refractivity contribution in [3.8, 4) is 0 Å². The van der Waals surface area contributed by atoms with Crippen LogP contribution in [0.4, 0.5) is 0 Å². The molecule has 0 amide bonds. The van der Waals surface area contributed by atoms with E-state index >= 15 is 0 Å². The average Bonchev–Trinajstić information content (AvgIpc) is 2.99. The molecule has 0 spiro atoms. The van der Waals surface area contributed by atoms with Crippen molar-refractivity contribution in [3.63, 3.8) is 0 Å². The number of aromatic nitrogens is 1. The summed E-state index contributed by atoms with van der Waals surface area (Å²) in [7, 11) is -3.63. The molecule has 0 saturated carbocycles. The molecule has 2 aliphatic rings. The zero-order valence-corrected chi connectivity index (χ0v) is 17.8. The number of halogens is 1. The van der Waals surface area contributed by atoms with Gasteiger partial charge in [-0.1, -0.05) is 5.16 Å². The second kappa shape index (κ2) is 10.2. The lowest BCUT2D eigenvalue weighted by molar-refractivity contribution is 0.0365. The summed E-state index contributed by atoms with van der Waals surface area (Å²) in [4.78, 5) is 2.57. The summed E-state index contributed by atoms with van der Waals surface area (Å²) < 4.78 is 38.9. The van der Waals surface area contributed by atoms with Crippen molar-refractivity contribution in [2.24, 2.45) is 0 Å². The Bertz CT molecular complexity index is 666. The normalized spacial score (nSPS) is 22.0. The molecular weight excluding hydrogens is 392 g/mol. The average molecular weight is 423 g/mol. The summed E-state index contributed by atoms with van der Waals surface area (Å²) in [6, 6.07) is -0.0212. The molecule has 27 heavy (non-hydrogen) atoms. The van der Waals surface area contributed by atoms with Crippen LogP contribution in [0.15, 0.2) is 9.42 Å². The third kappa shape index (κ3) is 5.42. The number of aryl methyl sites for hydroxylation is 2. The molecule has 2 aliphatic heterocycles. The van der Waals surface area contributed by atoms with Gasteiger partial charge in [0, 0.05) is 32.2 Å². The van der Waals surface area contributed by atoms with Crippen LogP contribution >= 0.6 is 12.4 Å². The van der Waals surface area contributed by atoms with Gasteiger partial charge in [-0.25, -0.2) is 8.42 Å². The third-order valence-corrected chi connectivity index (χ3v) is 7.37. The van der Waals surface area contributed by atoms with E-state index in [0.29, 0.717) is 24.5 Å². The zero-order valence-electron chi connectivity index (χ0n) is 16.1. The number of ether oxygens (including phenoxy) is 1. The maximum atomic E-state index is 13.4. The smallest absolute Gasteiger partial charge is 0.248 e. The molecule has 156 valence electrons. The van der Waals surface area contributed by atoms with Crippen molar-refractivity contribution < 1.29 is 17.7 Å². The third-order valence-electron chi connectivity index (χ3n) is 5.17. The molecule has 0 aliphatic carbocycles. The standard InChI is InChI=1S/C17H30N4O4S.ClH/c1-14-17(15(2)25-19-14)26(22,23)21(16-5-3-6-18-13-16)8-4-7-20-9-11-24-12-10-20;/h16,18H,3-13H2,1-2H3;1H. The van der Waals surface area contributed by atoms with Crippen LogP contribution in [0.5, 0.6) is 0 Å². The summed E-state index contributed by atoms with van der Waals surface area (Å²) in [6.45, 7) is 9.74. The first-order valence-corrected chi connectivity index (χ1v) is 10.9. The second-order valence-electron chi connectivity index (χ2n) is 7.08. The van der Waals surface area contributed by atoms with Crippen molar-refractivity contribution >= 4 is 22.4 Å². The van der Waals surface area contributed by atoms with E-state index in [1.165, 1.54) is 0 Å². The van der Waals surface area contributed by atoms with Gasteiger partial charge < -0.3 is 14.6 Å². The molecule has 1 unspecified atom stereocenters. The van der Waals surface area contributed by atoms with Gasteiger partial charge >= 0.3 is 0 Å². The quantitative estimate of drug-likeness (QED) is 0.705. The fourth-order valence-electron chi connectivity index (χ4n) is 3.81. The molecule has 0 radical (unpaired) electrons. The summed E-state index contributed by atoms with van der Waals surface area (Å²) >= 11 is 0. The summed E-state index contributed by atoms with van der Waals surface area (Å²) in [5.41, 5.74) is 0.435. The number of hydrogen-bond donors (Lipinski definition) is 1. The van der Waals surface area contributed by atoms with E-state index < -0.39 is 10.0 Å². The Morgan fingerprint density at radius 1 is 1.30 bits per heavy atom. The van der Waals surface area contributed by atoms with E-state index in [9.17, 15) is 8.42 Å². The lowest BCUT2D eigenvalue weighted by Gasteiger charge is -2.34. The van der Waals surface area contributed by atoms with Crippen molar-refractivity contribution in [1.29, 1.82) is 0 Å². The molecule has 2 fully saturated rings. The van der Waals surface area contributed by atoms with Gasteiger partial charge in [0.1, 0.15) is 10.6 Å². The Balaban J connectivity index is 0.00000261. The SMILES string of the molecule is Cc1noc(C)c1S(=O)(=O)N(CCCN1CCOCC1)C1CCCNC1.Cl. The first-order chi connectivity index (χ1) is 12.5. The number of sulfonamides is 1. The highest BCUT2D eigenvalue weighted by atomic mass is 35.5. The van der Waals surface area contributed by atoms with Gasteiger partial charge in [0.2, 0.25) is 10.0 Å². The second-order valence-corrected chi connectivity index (χ2v) is 8.90. The molecule has 1 atom stereocenters. The van der Waals surface area contributed by atoms with E-state index in [2.05, 4.69) is 15.4 Å². The monoisotopic (exact) mass is 422 g/mol. The Kier molecular flexibility index (Phi) is 8.51. The molecule has 1 N–H and O–H groups in total. The summed E-state index contributed by atoms with van der Waals surface area (Å²) in [5.74, 6) is 0.365.